The fourth-order valence-corrected chi connectivity index (χ4v) is 3.34. The van der Waals surface area contributed by atoms with Gasteiger partial charge in [0.25, 0.3) is 0 Å². The van der Waals surface area contributed by atoms with Gasteiger partial charge >= 0.3 is 0 Å². The molecule has 5 heteroatoms. The summed E-state index contributed by atoms with van der Waals surface area (Å²) in [5, 5.41) is 6.48. The van der Waals surface area contributed by atoms with E-state index in [-0.39, 0.29) is 24.4 Å². The molecule has 1 saturated heterocycles. The molecule has 1 heterocycles. The Balaban J connectivity index is 0.00000242. The van der Waals surface area contributed by atoms with Crippen molar-refractivity contribution in [3.63, 3.8) is 0 Å². The lowest BCUT2D eigenvalue weighted by atomic mass is 9.93. The van der Waals surface area contributed by atoms with Crippen molar-refractivity contribution in [3.05, 3.63) is 34.3 Å². The number of benzene rings is 1. The maximum Gasteiger partial charge on any atom is 0.220 e. The van der Waals surface area contributed by atoms with Gasteiger partial charge in [-0.05, 0) is 63.2 Å². The molecule has 1 aliphatic heterocycles. The van der Waals surface area contributed by atoms with Crippen molar-refractivity contribution in [3.8, 4) is 0 Å². The third-order valence-corrected chi connectivity index (χ3v) is 4.90. The minimum absolute atomic E-state index is 0. The van der Waals surface area contributed by atoms with Gasteiger partial charge in [0.05, 0.1) is 0 Å². The summed E-state index contributed by atoms with van der Waals surface area (Å²) in [6, 6.07) is 8.36. The van der Waals surface area contributed by atoms with Crippen LogP contribution in [-0.2, 0) is 11.2 Å². The number of halogens is 2. The van der Waals surface area contributed by atoms with Crippen LogP contribution in [0, 0.1) is 5.92 Å². The molecule has 0 bridgehead atoms. The highest BCUT2D eigenvalue weighted by Crippen LogP contribution is 2.19. The normalized spacial score (nSPS) is 16.6. The van der Waals surface area contributed by atoms with Crippen LogP contribution in [0.2, 0.25) is 0 Å². The monoisotopic (exact) mass is 388 g/mol. The Labute approximate surface area is 148 Å². The second kappa shape index (κ2) is 10.2. The molecule has 0 aliphatic carbocycles. The minimum atomic E-state index is 0. The summed E-state index contributed by atoms with van der Waals surface area (Å²) in [7, 11) is 0. The van der Waals surface area contributed by atoms with Crippen molar-refractivity contribution in [2.75, 3.05) is 13.1 Å². The number of rotatable bonds is 6. The number of nitrogens with one attached hydrogen (secondary N) is 2. The lowest BCUT2D eigenvalue weighted by molar-refractivity contribution is -0.122. The standard InChI is InChI=1S/C17H25BrN2O.ClH/c1-13(12-15-4-2-3-5-16(15)18)20-17(21)7-6-14-8-10-19-11-9-14;/h2-5,13-14,19H,6-12H2,1H3,(H,20,21);1H. The van der Waals surface area contributed by atoms with E-state index in [4.69, 9.17) is 0 Å². The Morgan fingerprint density at radius 3 is 2.73 bits per heavy atom. The Hall–Kier alpha value is -0.580. The van der Waals surface area contributed by atoms with Crippen LogP contribution >= 0.6 is 28.3 Å². The predicted octanol–water partition coefficient (Wildman–Crippen LogP) is 3.70. The molecule has 1 aliphatic rings. The van der Waals surface area contributed by atoms with E-state index in [9.17, 15) is 4.79 Å². The van der Waals surface area contributed by atoms with Crippen LogP contribution in [0.4, 0.5) is 0 Å². The van der Waals surface area contributed by atoms with Gasteiger partial charge in [-0.1, -0.05) is 34.1 Å². The van der Waals surface area contributed by atoms with Crippen LogP contribution in [0.25, 0.3) is 0 Å². The molecule has 0 radical (unpaired) electrons. The van der Waals surface area contributed by atoms with E-state index < -0.39 is 0 Å². The second-order valence-corrected chi connectivity index (χ2v) is 6.85. The summed E-state index contributed by atoms with van der Waals surface area (Å²) in [5.74, 6) is 0.906. The van der Waals surface area contributed by atoms with E-state index in [2.05, 4.69) is 39.6 Å². The van der Waals surface area contributed by atoms with Crippen molar-refractivity contribution < 1.29 is 4.79 Å². The van der Waals surface area contributed by atoms with Crippen molar-refractivity contribution >= 4 is 34.2 Å². The Bertz CT molecular complexity index is 464. The van der Waals surface area contributed by atoms with Crippen LogP contribution in [0.15, 0.2) is 28.7 Å². The summed E-state index contributed by atoms with van der Waals surface area (Å²) in [6.07, 6.45) is 4.96. The third kappa shape index (κ3) is 6.67. The zero-order chi connectivity index (χ0) is 15.1. The number of amides is 1. The largest absolute Gasteiger partial charge is 0.353 e. The number of carbonyl (C=O) groups excluding carboxylic acids is 1. The summed E-state index contributed by atoms with van der Waals surface area (Å²) >= 11 is 3.56. The molecule has 1 aromatic rings. The lowest BCUT2D eigenvalue weighted by Gasteiger charge is -2.22. The lowest BCUT2D eigenvalue weighted by Crippen LogP contribution is -2.35. The third-order valence-electron chi connectivity index (χ3n) is 4.13. The topological polar surface area (TPSA) is 41.1 Å². The summed E-state index contributed by atoms with van der Waals surface area (Å²) in [5.41, 5.74) is 1.24. The highest BCUT2D eigenvalue weighted by atomic mass is 79.9. The molecule has 0 saturated carbocycles. The second-order valence-electron chi connectivity index (χ2n) is 6.00. The first-order chi connectivity index (χ1) is 10.1. The number of hydrogen-bond acceptors (Lipinski definition) is 2. The molecule has 1 unspecified atom stereocenters. The maximum absolute atomic E-state index is 12.0. The van der Waals surface area contributed by atoms with E-state index in [1.54, 1.807) is 0 Å². The quantitative estimate of drug-likeness (QED) is 0.779. The average molecular weight is 390 g/mol. The zero-order valence-electron chi connectivity index (χ0n) is 13.1. The molecule has 1 amide bonds. The highest BCUT2D eigenvalue weighted by Gasteiger charge is 2.15. The molecule has 22 heavy (non-hydrogen) atoms. The van der Waals surface area contributed by atoms with E-state index >= 15 is 0 Å². The molecule has 1 atom stereocenters. The molecule has 0 spiro atoms. The first-order valence-electron chi connectivity index (χ1n) is 7.88. The Kier molecular flexibility index (Phi) is 9.06. The van der Waals surface area contributed by atoms with E-state index in [0.717, 1.165) is 36.3 Å². The number of carbonyl (C=O) groups is 1. The fourth-order valence-electron chi connectivity index (χ4n) is 2.90. The molecular weight excluding hydrogens is 364 g/mol. The summed E-state index contributed by atoms with van der Waals surface area (Å²) in [4.78, 5) is 12.0. The molecule has 2 N–H and O–H groups in total. The number of hydrogen-bond donors (Lipinski definition) is 2. The van der Waals surface area contributed by atoms with Crippen LogP contribution in [0.3, 0.4) is 0 Å². The zero-order valence-corrected chi connectivity index (χ0v) is 15.5. The van der Waals surface area contributed by atoms with Gasteiger partial charge in [-0.15, -0.1) is 12.4 Å². The fraction of sp³-hybridized carbons (Fsp3) is 0.588. The molecule has 2 rings (SSSR count). The van der Waals surface area contributed by atoms with Crippen LogP contribution in [0.1, 0.15) is 38.2 Å². The molecular formula is C17H26BrClN2O. The van der Waals surface area contributed by atoms with Crippen molar-refractivity contribution in [1.82, 2.24) is 10.6 Å². The molecule has 124 valence electrons. The van der Waals surface area contributed by atoms with Gasteiger partial charge in [0.15, 0.2) is 0 Å². The summed E-state index contributed by atoms with van der Waals surface area (Å²) in [6.45, 7) is 4.28. The Morgan fingerprint density at radius 1 is 1.36 bits per heavy atom. The maximum atomic E-state index is 12.0. The van der Waals surface area contributed by atoms with Gasteiger partial charge in [0.1, 0.15) is 0 Å². The van der Waals surface area contributed by atoms with Crippen LogP contribution in [0.5, 0.6) is 0 Å². The van der Waals surface area contributed by atoms with Gasteiger partial charge in [-0.2, -0.15) is 0 Å². The molecule has 3 nitrogen and oxygen atoms in total. The Morgan fingerprint density at radius 2 is 2.05 bits per heavy atom. The van der Waals surface area contributed by atoms with Crippen molar-refractivity contribution in [1.29, 1.82) is 0 Å². The molecule has 0 aromatic heterocycles. The minimum Gasteiger partial charge on any atom is -0.353 e. The van der Waals surface area contributed by atoms with E-state index in [0.29, 0.717) is 6.42 Å². The van der Waals surface area contributed by atoms with Crippen molar-refractivity contribution in [2.24, 2.45) is 5.92 Å². The number of piperidine rings is 1. The van der Waals surface area contributed by atoms with Crippen LogP contribution in [-0.4, -0.2) is 25.0 Å². The SMILES string of the molecule is CC(Cc1ccccc1Br)NC(=O)CCC1CCNCC1.Cl. The van der Waals surface area contributed by atoms with Gasteiger partial charge in [0, 0.05) is 16.9 Å². The average Bonchev–Trinajstić information content (AvgIpc) is 2.48. The van der Waals surface area contributed by atoms with Crippen molar-refractivity contribution in [2.45, 2.75) is 45.1 Å². The van der Waals surface area contributed by atoms with Gasteiger partial charge in [-0.25, -0.2) is 0 Å². The van der Waals surface area contributed by atoms with E-state index in [1.807, 2.05) is 18.2 Å². The van der Waals surface area contributed by atoms with Crippen LogP contribution < -0.4 is 10.6 Å². The van der Waals surface area contributed by atoms with Gasteiger partial charge in [-0.3, -0.25) is 4.79 Å². The van der Waals surface area contributed by atoms with Gasteiger partial charge < -0.3 is 10.6 Å². The molecule has 1 aromatic carbocycles. The predicted molar refractivity (Wildman–Crippen MR) is 97.5 cm³/mol. The van der Waals surface area contributed by atoms with Gasteiger partial charge in [0.2, 0.25) is 5.91 Å². The molecule has 1 fully saturated rings. The summed E-state index contributed by atoms with van der Waals surface area (Å²) < 4.78 is 1.11. The van der Waals surface area contributed by atoms with E-state index in [1.165, 1.54) is 18.4 Å². The first kappa shape index (κ1) is 19.5. The smallest absolute Gasteiger partial charge is 0.220 e. The highest BCUT2D eigenvalue weighted by molar-refractivity contribution is 9.10. The first-order valence-corrected chi connectivity index (χ1v) is 8.68.